The van der Waals surface area contributed by atoms with Crippen LogP contribution in [0.3, 0.4) is 0 Å². The Labute approximate surface area is 378 Å². The van der Waals surface area contributed by atoms with E-state index in [0.717, 1.165) is 89.9 Å². The Morgan fingerprint density at radius 3 is 0.967 bits per heavy atom. The first-order valence-corrected chi connectivity index (χ1v) is 26.5. The molecule has 6 heteroatoms. The predicted octanol–water partition coefficient (Wildman–Crippen LogP) is 17.3. The average molecular weight is 857 g/mol. The van der Waals surface area contributed by atoms with Crippen molar-refractivity contribution in [3.05, 3.63) is 36.5 Å². The molecular weight excluding hydrogens is 757 g/mol. The summed E-state index contributed by atoms with van der Waals surface area (Å²) in [4.78, 5) is 38.0. The van der Waals surface area contributed by atoms with Gasteiger partial charge in [0.05, 0.1) is 0 Å². The highest BCUT2D eigenvalue weighted by atomic mass is 16.6. The Morgan fingerprint density at radius 2 is 0.590 bits per heavy atom. The first-order chi connectivity index (χ1) is 30.0. The van der Waals surface area contributed by atoms with Gasteiger partial charge in [0.1, 0.15) is 13.2 Å². The summed E-state index contributed by atoms with van der Waals surface area (Å²) >= 11 is 0. The zero-order chi connectivity index (χ0) is 44.4. The number of ether oxygens (including phenoxy) is 3. The van der Waals surface area contributed by atoms with Crippen LogP contribution in [-0.2, 0) is 28.6 Å². The number of carbonyl (C=O) groups is 3. The predicted molar refractivity (Wildman–Crippen MR) is 261 cm³/mol. The van der Waals surface area contributed by atoms with Crippen LogP contribution in [0.15, 0.2) is 36.5 Å². The topological polar surface area (TPSA) is 78.9 Å². The minimum Gasteiger partial charge on any atom is -0.462 e. The van der Waals surface area contributed by atoms with Crippen molar-refractivity contribution in [1.82, 2.24) is 0 Å². The van der Waals surface area contributed by atoms with Crippen LogP contribution in [0.1, 0.15) is 278 Å². The summed E-state index contributed by atoms with van der Waals surface area (Å²) < 4.78 is 16.8. The molecule has 1 atom stereocenters. The van der Waals surface area contributed by atoms with Gasteiger partial charge in [0.15, 0.2) is 6.10 Å². The molecule has 0 heterocycles. The first-order valence-electron chi connectivity index (χ1n) is 26.5. The van der Waals surface area contributed by atoms with Crippen LogP contribution >= 0.6 is 0 Å². The van der Waals surface area contributed by atoms with Crippen molar-refractivity contribution in [2.24, 2.45) is 0 Å². The van der Waals surface area contributed by atoms with E-state index in [0.29, 0.717) is 19.3 Å². The largest absolute Gasteiger partial charge is 0.462 e. The number of hydrogen-bond acceptors (Lipinski definition) is 6. The second-order valence-electron chi connectivity index (χ2n) is 17.8. The molecule has 0 aliphatic carbocycles. The van der Waals surface area contributed by atoms with Crippen LogP contribution in [-0.4, -0.2) is 37.2 Å². The Kier molecular flexibility index (Phi) is 48.3. The minimum absolute atomic E-state index is 0.0770. The van der Waals surface area contributed by atoms with Crippen LogP contribution in [0.4, 0.5) is 0 Å². The maximum atomic E-state index is 12.8. The summed E-state index contributed by atoms with van der Waals surface area (Å²) in [5.74, 6) is -0.889. The van der Waals surface area contributed by atoms with Crippen molar-refractivity contribution in [2.45, 2.75) is 284 Å². The molecule has 61 heavy (non-hydrogen) atoms. The van der Waals surface area contributed by atoms with Gasteiger partial charge in [0.2, 0.25) is 0 Å². The fourth-order valence-electron chi connectivity index (χ4n) is 7.59. The molecule has 0 bridgehead atoms. The Hall–Kier alpha value is -2.37. The monoisotopic (exact) mass is 857 g/mol. The normalized spacial score (nSPS) is 12.2. The molecule has 6 nitrogen and oxygen atoms in total. The maximum Gasteiger partial charge on any atom is 0.306 e. The number of rotatable bonds is 48. The molecule has 0 rings (SSSR count). The minimum atomic E-state index is -0.778. The van der Waals surface area contributed by atoms with E-state index in [4.69, 9.17) is 14.2 Å². The summed E-state index contributed by atoms with van der Waals surface area (Å²) in [5.41, 5.74) is 0. The lowest BCUT2D eigenvalue weighted by Crippen LogP contribution is -2.30. The molecule has 1 unspecified atom stereocenters. The highest BCUT2D eigenvalue weighted by Gasteiger charge is 2.19. The van der Waals surface area contributed by atoms with Gasteiger partial charge in [-0.1, -0.05) is 218 Å². The van der Waals surface area contributed by atoms with Crippen molar-refractivity contribution >= 4 is 17.9 Å². The number of allylic oxidation sites excluding steroid dienone is 6. The van der Waals surface area contributed by atoms with Crippen LogP contribution in [0.5, 0.6) is 0 Å². The van der Waals surface area contributed by atoms with Crippen molar-refractivity contribution in [2.75, 3.05) is 13.2 Å². The second-order valence-corrected chi connectivity index (χ2v) is 17.8. The highest BCUT2D eigenvalue weighted by Crippen LogP contribution is 2.15. The molecule has 0 saturated heterocycles. The number of esters is 3. The van der Waals surface area contributed by atoms with Crippen LogP contribution in [0.2, 0.25) is 0 Å². The van der Waals surface area contributed by atoms with Gasteiger partial charge in [-0.3, -0.25) is 14.4 Å². The SMILES string of the molecule is CCCCC/C=C\C/C=C\CCCCCCCC(=O)OCC(COC(=O)CCCCCCCCCCCCCCCCC)OC(=O)CCCCCCC/C=C\CCCCCC. The third kappa shape index (κ3) is 48.5. The van der Waals surface area contributed by atoms with Crippen LogP contribution < -0.4 is 0 Å². The quantitative estimate of drug-likeness (QED) is 0.0262. The second kappa shape index (κ2) is 50.3. The lowest BCUT2D eigenvalue weighted by Gasteiger charge is -2.18. The molecule has 0 saturated carbocycles. The van der Waals surface area contributed by atoms with E-state index in [1.807, 2.05) is 0 Å². The molecule has 0 amide bonds. The summed E-state index contributed by atoms with van der Waals surface area (Å²) in [6.07, 6.45) is 58.3. The first kappa shape index (κ1) is 58.6. The summed E-state index contributed by atoms with van der Waals surface area (Å²) in [5, 5.41) is 0. The van der Waals surface area contributed by atoms with Gasteiger partial charge >= 0.3 is 17.9 Å². The number of hydrogen-bond donors (Lipinski definition) is 0. The standard InChI is InChI=1S/C55H100O6/c1-4-7-10-13-16-19-22-25-27-30-32-35-38-41-44-47-53(56)59-50-52(61-55(58)49-46-43-40-37-34-29-24-21-18-15-12-9-6-3)51-60-54(57)48-45-42-39-36-33-31-28-26-23-20-17-14-11-8-5-2/h16,19,21,24-25,27,52H,4-15,17-18,20,22-23,26,28-51H2,1-3H3/b19-16-,24-21-,27-25-. The van der Waals surface area contributed by atoms with E-state index in [1.165, 1.54) is 148 Å². The Bertz CT molecular complexity index is 1030. The van der Waals surface area contributed by atoms with Gasteiger partial charge in [-0.25, -0.2) is 0 Å². The van der Waals surface area contributed by atoms with Crippen molar-refractivity contribution < 1.29 is 28.6 Å². The average Bonchev–Trinajstić information content (AvgIpc) is 3.26. The zero-order valence-electron chi connectivity index (χ0n) is 40.7. The maximum absolute atomic E-state index is 12.8. The number of carbonyl (C=O) groups excluding carboxylic acids is 3. The lowest BCUT2D eigenvalue weighted by atomic mass is 10.0. The van der Waals surface area contributed by atoms with E-state index >= 15 is 0 Å². The summed E-state index contributed by atoms with van der Waals surface area (Å²) in [6, 6.07) is 0. The molecule has 0 spiro atoms. The van der Waals surface area contributed by atoms with Gasteiger partial charge in [-0.15, -0.1) is 0 Å². The Morgan fingerprint density at radius 1 is 0.328 bits per heavy atom. The van der Waals surface area contributed by atoms with Crippen molar-refractivity contribution in [3.8, 4) is 0 Å². The third-order valence-electron chi connectivity index (χ3n) is 11.6. The fourth-order valence-corrected chi connectivity index (χ4v) is 7.59. The van der Waals surface area contributed by atoms with E-state index in [9.17, 15) is 14.4 Å². The van der Waals surface area contributed by atoms with E-state index < -0.39 is 6.10 Å². The van der Waals surface area contributed by atoms with Crippen molar-refractivity contribution in [3.63, 3.8) is 0 Å². The highest BCUT2D eigenvalue weighted by molar-refractivity contribution is 5.71. The molecule has 0 radical (unpaired) electrons. The number of unbranched alkanes of at least 4 members (excludes halogenated alkanes) is 31. The van der Waals surface area contributed by atoms with Crippen LogP contribution in [0, 0.1) is 0 Å². The lowest BCUT2D eigenvalue weighted by molar-refractivity contribution is -0.167. The summed E-state index contributed by atoms with van der Waals surface area (Å²) in [6.45, 7) is 6.60. The zero-order valence-corrected chi connectivity index (χ0v) is 40.7. The molecule has 0 aromatic heterocycles. The molecule has 0 aromatic carbocycles. The van der Waals surface area contributed by atoms with Gasteiger partial charge < -0.3 is 14.2 Å². The van der Waals surface area contributed by atoms with Gasteiger partial charge in [-0.05, 0) is 77.0 Å². The van der Waals surface area contributed by atoms with Gasteiger partial charge in [0, 0.05) is 19.3 Å². The third-order valence-corrected chi connectivity index (χ3v) is 11.6. The molecule has 0 aliphatic heterocycles. The molecule has 356 valence electrons. The van der Waals surface area contributed by atoms with E-state index in [-0.39, 0.29) is 31.1 Å². The van der Waals surface area contributed by atoms with Gasteiger partial charge in [0.25, 0.3) is 0 Å². The van der Waals surface area contributed by atoms with Gasteiger partial charge in [-0.2, -0.15) is 0 Å². The Balaban J connectivity index is 4.37. The smallest absolute Gasteiger partial charge is 0.306 e. The molecular formula is C55H100O6. The van der Waals surface area contributed by atoms with Crippen molar-refractivity contribution in [1.29, 1.82) is 0 Å². The molecule has 0 fully saturated rings. The molecule has 0 N–H and O–H groups in total. The van der Waals surface area contributed by atoms with E-state index in [1.54, 1.807) is 0 Å². The molecule has 0 aliphatic rings. The summed E-state index contributed by atoms with van der Waals surface area (Å²) in [7, 11) is 0. The van der Waals surface area contributed by atoms with E-state index in [2.05, 4.69) is 57.2 Å². The fraction of sp³-hybridized carbons (Fsp3) is 0.836. The van der Waals surface area contributed by atoms with Crippen LogP contribution in [0.25, 0.3) is 0 Å². The molecule has 0 aromatic rings.